The van der Waals surface area contributed by atoms with Gasteiger partial charge in [-0.05, 0) is 35.7 Å². The van der Waals surface area contributed by atoms with Crippen LogP contribution in [0.3, 0.4) is 0 Å². The first-order valence-corrected chi connectivity index (χ1v) is 11.1. The maximum absolute atomic E-state index is 12.6. The molecule has 0 saturated heterocycles. The van der Waals surface area contributed by atoms with Gasteiger partial charge in [0.05, 0.1) is 0 Å². The van der Waals surface area contributed by atoms with Gasteiger partial charge < -0.3 is 5.32 Å². The first-order valence-electron chi connectivity index (χ1n) is 10.3. The fourth-order valence-corrected chi connectivity index (χ4v) is 4.89. The maximum Gasteiger partial charge on any atom is 0.255 e. The molecule has 0 bridgehead atoms. The van der Waals surface area contributed by atoms with Gasteiger partial charge in [-0.15, -0.1) is 11.3 Å². The van der Waals surface area contributed by atoms with E-state index in [1.807, 2.05) is 36.5 Å². The van der Waals surface area contributed by atoms with Gasteiger partial charge in [-0.1, -0.05) is 42.5 Å². The Morgan fingerprint density at radius 3 is 2.71 bits per heavy atom. The minimum absolute atomic E-state index is 0.101. The van der Waals surface area contributed by atoms with E-state index < -0.39 is 0 Å². The van der Waals surface area contributed by atoms with Crippen LogP contribution in [0, 0.1) is 0 Å². The summed E-state index contributed by atoms with van der Waals surface area (Å²) in [6.07, 6.45) is 6.17. The quantitative estimate of drug-likeness (QED) is 0.487. The Kier molecular flexibility index (Phi) is 5.56. The van der Waals surface area contributed by atoms with Crippen LogP contribution in [0.15, 0.2) is 79.3 Å². The summed E-state index contributed by atoms with van der Waals surface area (Å²) in [4.78, 5) is 24.9. The van der Waals surface area contributed by atoms with Crippen molar-refractivity contribution < 1.29 is 4.79 Å². The highest BCUT2D eigenvalue weighted by molar-refractivity contribution is 7.15. The molecule has 3 heterocycles. The highest BCUT2D eigenvalue weighted by Gasteiger charge is 2.20. The van der Waals surface area contributed by atoms with Crippen LogP contribution in [0.4, 0.5) is 5.69 Å². The number of nitrogens with one attached hydrogen (secondary N) is 1. The number of hydrogen-bond donors (Lipinski definition) is 1. The molecule has 0 radical (unpaired) electrons. The summed E-state index contributed by atoms with van der Waals surface area (Å²) in [6.45, 7) is 2.71. The van der Waals surface area contributed by atoms with Crippen LogP contribution < -0.4 is 5.32 Å². The summed E-state index contributed by atoms with van der Waals surface area (Å²) in [5, 5.41) is 4.14. The summed E-state index contributed by atoms with van der Waals surface area (Å²) < 4.78 is 0. The molecule has 6 heteroatoms. The fourth-order valence-electron chi connectivity index (χ4n) is 3.93. The van der Waals surface area contributed by atoms with E-state index in [0.29, 0.717) is 5.56 Å². The van der Waals surface area contributed by atoms with E-state index in [4.69, 9.17) is 0 Å². The topological polar surface area (TPSA) is 58.1 Å². The van der Waals surface area contributed by atoms with E-state index in [1.165, 1.54) is 16.0 Å². The second-order valence-corrected chi connectivity index (χ2v) is 8.71. The first-order chi connectivity index (χ1) is 15.3. The van der Waals surface area contributed by atoms with Gasteiger partial charge in [-0.25, -0.2) is 4.98 Å². The molecule has 1 N–H and O–H groups in total. The molecule has 31 heavy (non-hydrogen) atoms. The Bertz CT molecular complexity index is 1190. The molecule has 1 amide bonds. The summed E-state index contributed by atoms with van der Waals surface area (Å²) >= 11 is 1.76. The summed E-state index contributed by atoms with van der Waals surface area (Å²) in [7, 11) is 0. The van der Waals surface area contributed by atoms with Crippen molar-refractivity contribution in [2.24, 2.45) is 0 Å². The number of rotatable bonds is 5. The summed E-state index contributed by atoms with van der Waals surface area (Å²) in [5.74, 6) is -0.101. The van der Waals surface area contributed by atoms with Gasteiger partial charge in [0.15, 0.2) is 0 Å². The molecule has 2 aromatic heterocycles. The molecule has 0 fully saturated rings. The van der Waals surface area contributed by atoms with Crippen LogP contribution in [-0.2, 0) is 19.5 Å². The van der Waals surface area contributed by atoms with Crippen molar-refractivity contribution in [1.82, 2.24) is 14.9 Å². The van der Waals surface area contributed by atoms with Crippen molar-refractivity contribution in [2.75, 3.05) is 11.9 Å². The van der Waals surface area contributed by atoms with Crippen molar-refractivity contribution in [2.45, 2.75) is 19.5 Å². The van der Waals surface area contributed by atoms with E-state index in [-0.39, 0.29) is 5.91 Å². The highest BCUT2D eigenvalue weighted by Crippen LogP contribution is 2.30. The number of amides is 1. The van der Waals surface area contributed by atoms with Gasteiger partial charge in [0.1, 0.15) is 5.01 Å². The monoisotopic (exact) mass is 426 g/mol. The van der Waals surface area contributed by atoms with Gasteiger partial charge >= 0.3 is 0 Å². The molecule has 154 valence electrons. The average Bonchev–Trinajstić information content (AvgIpc) is 3.29. The van der Waals surface area contributed by atoms with Gasteiger partial charge in [-0.2, -0.15) is 0 Å². The Morgan fingerprint density at radius 1 is 1.03 bits per heavy atom. The zero-order valence-corrected chi connectivity index (χ0v) is 17.8. The standard InChI is InChI=1S/C25H22N4OS/c30-24(18-9-12-26-13-10-18)28-23-8-4-7-20-16-29(14-11-22(20)23)17-21-15-27-25(31-21)19-5-2-1-3-6-19/h1-10,12-13,15H,11,14,16-17H2,(H,28,30). The molecule has 2 aromatic carbocycles. The van der Waals surface area contributed by atoms with Crippen molar-refractivity contribution in [3.05, 3.63) is 101 Å². The SMILES string of the molecule is O=C(Nc1cccc2c1CCN(Cc1cnc(-c3ccccc3)s1)C2)c1ccncc1. The lowest BCUT2D eigenvalue weighted by atomic mass is 9.97. The normalized spacial score (nSPS) is 13.5. The molecule has 0 atom stereocenters. The largest absolute Gasteiger partial charge is 0.322 e. The third-order valence-corrected chi connectivity index (χ3v) is 6.52. The maximum atomic E-state index is 12.6. The van der Waals surface area contributed by atoms with Crippen LogP contribution in [0.5, 0.6) is 0 Å². The van der Waals surface area contributed by atoms with Crippen molar-refractivity contribution in [3.8, 4) is 10.6 Å². The minimum atomic E-state index is -0.101. The third-order valence-electron chi connectivity index (χ3n) is 5.49. The lowest BCUT2D eigenvalue weighted by Crippen LogP contribution is -2.30. The van der Waals surface area contributed by atoms with E-state index in [1.54, 1.807) is 35.9 Å². The van der Waals surface area contributed by atoms with Crippen molar-refractivity contribution in [3.63, 3.8) is 0 Å². The molecule has 5 nitrogen and oxygen atoms in total. The number of aromatic nitrogens is 2. The number of nitrogens with zero attached hydrogens (tertiary/aromatic N) is 3. The van der Waals surface area contributed by atoms with Crippen LogP contribution >= 0.6 is 11.3 Å². The number of benzene rings is 2. The molecular weight excluding hydrogens is 404 g/mol. The summed E-state index contributed by atoms with van der Waals surface area (Å²) in [5.41, 5.74) is 5.19. The van der Waals surface area contributed by atoms with Crippen LogP contribution in [-0.4, -0.2) is 27.3 Å². The Labute approximate surface area is 185 Å². The van der Waals surface area contributed by atoms with Gasteiger partial charge in [0, 0.05) is 59.9 Å². The third kappa shape index (κ3) is 4.40. The number of carbonyl (C=O) groups is 1. The Balaban J connectivity index is 1.28. The highest BCUT2D eigenvalue weighted by atomic mass is 32.1. The van der Waals surface area contributed by atoms with Crippen LogP contribution in [0.25, 0.3) is 10.6 Å². The zero-order chi connectivity index (χ0) is 21.0. The number of fused-ring (bicyclic) bond motifs is 1. The smallest absolute Gasteiger partial charge is 0.255 e. The Morgan fingerprint density at radius 2 is 1.87 bits per heavy atom. The number of hydrogen-bond acceptors (Lipinski definition) is 5. The number of thiazole rings is 1. The van der Waals surface area contributed by atoms with Crippen molar-refractivity contribution >= 4 is 22.9 Å². The van der Waals surface area contributed by atoms with E-state index in [9.17, 15) is 4.79 Å². The minimum Gasteiger partial charge on any atom is -0.322 e. The zero-order valence-electron chi connectivity index (χ0n) is 17.0. The first kappa shape index (κ1) is 19.6. The van der Waals surface area contributed by atoms with E-state index in [2.05, 4.69) is 38.4 Å². The molecule has 0 saturated carbocycles. The van der Waals surface area contributed by atoms with E-state index >= 15 is 0 Å². The molecule has 0 unspecified atom stereocenters. The number of anilines is 1. The molecule has 0 aliphatic carbocycles. The second-order valence-electron chi connectivity index (χ2n) is 7.59. The van der Waals surface area contributed by atoms with Gasteiger partial charge in [-0.3, -0.25) is 14.7 Å². The Hall–Kier alpha value is -3.35. The molecule has 0 spiro atoms. The molecule has 5 rings (SSSR count). The molecule has 1 aliphatic rings. The number of pyridine rings is 1. The van der Waals surface area contributed by atoms with Crippen LogP contribution in [0.2, 0.25) is 0 Å². The van der Waals surface area contributed by atoms with E-state index in [0.717, 1.165) is 42.3 Å². The van der Waals surface area contributed by atoms with Crippen LogP contribution in [0.1, 0.15) is 26.4 Å². The van der Waals surface area contributed by atoms with Gasteiger partial charge in [0.25, 0.3) is 5.91 Å². The second kappa shape index (κ2) is 8.79. The lowest BCUT2D eigenvalue weighted by molar-refractivity contribution is 0.102. The average molecular weight is 427 g/mol. The fraction of sp³-hybridized carbons (Fsp3) is 0.160. The predicted octanol–water partition coefficient (Wildman–Crippen LogP) is 5.02. The lowest BCUT2D eigenvalue weighted by Gasteiger charge is -2.29. The molecule has 4 aromatic rings. The van der Waals surface area contributed by atoms with Gasteiger partial charge in [0.2, 0.25) is 0 Å². The predicted molar refractivity (Wildman–Crippen MR) is 124 cm³/mol. The number of carbonyl (C=O) groups excluding carboxylic acids is 1. The molecular formula is C25H22N4OS. The summed E-state index contributed by atoms with van der Waals surface area (Å²) in [6, 6.07) is 19.9. The molecule has 1 aliphatic heterocycles. The van der Waals surface area contributed by atoms with Crippen molar-refractivity contribution in [1.29, 1.82) is 0 Å².